The van der Waals surface area contributed by atoms with E-state index in [4.69, 9.17) is 10.8 Å². The first-order valence-corrected chi connectivity index (χ1v) is 16.1. The van der Waals surface area contributed by atoms with Crippen molar-refractivity contribution in [2.45, 2.75) is 134 Å². The topological polar surface area (TPSA) is 121 Å². The second kappa shape index (κ2) is 18.6. The van der Waals surface area contributed by atoms with Crippen LogP contribution in [0.25, 0.3) is 0 Å². The van der Waals surface area contributed by atoms with Crippen LogP contribution in [-0.4, -0.2) is 77.5 Å². The summed E-state index contributed by atoms with van der Waals surface area (Å²) in [6.07, 6.45) is 6.86. The molecule has 4 aliphatic heterocycles. The number of carbonyl (C=O) groups excluding carboxylic acids is 3. The number of hydrogen-bond donors (Lipinski definition) is 2. The summed E-state index contributed by atoms with van der Waals surface area (Å²) in [5, 5.41) is 8.92. The van der Waals surface area contributed by atoms with E-state index in [9.17, 15) is 19.2 Å². The quantitative estimate of drug-likeness (QED) is 0.459. The maximum atomic E-state index is 11.9. The van der Waals surface area contributed by atoms with Gasteiger partial charge in [-0.25, -0.2) is 4.79 Å². The molecule has 224 valence electrons. The van der Waals surface area contributed by atoms with E-state index in [0.717, 1.165) is 38.5 Å². The minimum absolute atomic E-state index is 0. The fourth-order valence-electron chi connectivity index (χ4n) is 6.01. The van der Waals surface area contributed by atoms with Crippen molar-refractivity contribution in [1.29, 1.82) is 0 Å². The number of amides is 2. The number of ketones is 1. The Balaban J connectivity index is 0. The monoisotopic (exact) mass is 611 g/mol. The Morgan fingerprint density at radius 2 is 1.21 bits per heavy atom. The maximum Gasteiger partial charge on any atom is 0.326 e. The van der Waals surface area contributed by atoms with Gasteiger partial charge >= 0.3 is 5.97 Å². The number of rotatable bonds is 5. The van der Waals surface area contributed by atoms with Crippen LogP contribution in [0.5, 0.6) is 0 Å². The molecule has 4 saturated heterocycles. The molecule has 0 unspecified atom stereocenters. The number of carbonyl (C=O) groups is 4. The number of aliphatic carboxylic acids is 1. The molecule has 3 N–H and O–H groups in total. The van der Waals surface area contributed by atoms with Crippen molar-refractivity contribution in [2.75, 3.05) is 0 Å². The number of carboxylic acid groups (broad SMARTS) is 1. The van der Waals surface area contributed by atoms with Gasteiger partial charge < -0.3 is 20.6 Å². The standard InChI is InChI=1S/C11H17NO2.C9H14N2O3.C6H16Si.3H2S/c1-7-3-4-9-5-6-10(8(2)13)12(9)11(7)14;10-6-3-1-5-2-4-7(9(13)14)11(5)8(6)12;1-4-7(5-2)6-3;;;/h7,9-10H,3-6H2,1-2H3;5-7H,1-4,10H2,(H,13,14);7H,4-6H2,1-3H3;3*1H2/t7-,9-,10-;5-,6-,7-;;;;/m00..../s1. The first-order chi connectivity index (χ1) is 16.6. The zero-order valence-corrected chi connectivity index (χ0v) is 28.0. The van der Waals surface area contributed by atoms with Crippen molar-refractivity contribution in [2.24, 2.45) is 11.7 Å². The van der Waals surface area contributed by atoms with Crippen LogP contribution in [0.4, 0.5) is 0 Å². The van der Waals surface area contributed by atoms with E-state index in [-0.39, 0.29) is 84.9 Å². The highest BCUT2D eigenvalue weighted by Crippen LogP contribution is 2.35. The van der Waals surface area contributed by atoms with E-state index in [1.807, 2.05) is 11.8 Å². The zero-order chi connectivity index (χ0) is 26.3. The van der Waals surface area contributed by atoms with Crippen LogP contribution in [0.1, 0.15) is 86.0 Å². The van der Waals surface area contributed by atoms with Crippen molar-refractivity contribution in [1.82, 2.24) is 9.80 Å². The number of Topliss-reactive ketones (excluding diaryl/α,β-unsaturated/α-hetero) is 1. The second-order valence-electron chi connectivity index (χ2n) is 10.7. The lowest BCUT2D eigenvalue weighted by atomic mass is 9.94. The summed E-state index contributed by atoms with van der Waals surface area (Å²) in [5.74, 6) is -0.638. The summed E-state index contributed by atoms with van der Waals surface area (Å²) in [5.41, 5.74) is 5.61. The maximum absolute atomic E-state index is 11.9. The van der Waals surface area contributed by atoms with Crippen LogP contribution >= 0.6 is 40.5 Å². The molecule has 0 aliphatic carbocycles. The minimum Gasteiger partial charge on any atom is -0.480 e. The molecule has 0 aromatic rings. The third kappa shape index (κ3) is 9.74. The smallest absolute Gasteiger partial charge is 0.326 e. The largest absolute Gasteiger partial charge is 0.480 e. The van der Waals surface area contributed by atoms with Crippen LogP contribution in [0.15, 0.2) is 0 Å². The Hall–Kier alpha value is -0.693. The van der Waals surface area contributed by atoms with Crippen LogP contribution in [0.2, 0.25) is 18.1 Å². The number of fused-ring (bicyclic) bond motifs is 2. The number of piperidine rings is 2. The Morgan fingerprint density at radius 1 is 0.789 bits per heavy atom. The van der Waals surface area contributed by atoms with Gasteiger partial charge in [0.25, 0.3) is 0 Å². The van der Waals surface area contributed by atoms with Crippen molar-refractivity contribution in [3.63, 3.8) is 0 Å². The van der Waals surface area contributed by atoms with Gasteiger partial charge in [0.1, 0.15) is 6.04 Å². The van der Waals surface area contributed by atoms with Crippen LogP contribution in [0, 0.1) is 5.92 Å². The van der Waals surface area contributed by atoms with Crippen molar-refractivity contribution in [3.8, 4) is 0 Å². The van der Waals surface area contributed by atoms with Crippen molar-refractivity contribution >= 4 is 72.9 Å². The second-order valence-corrected chi connectivity index (χ2v) is 14.9. The third-order valence-electron chi connectivity index (χ3n) is 8.48. The van der Waals surface area contributed by atoms with E-state index in [2.05, 4.69) is 20.8 Å². The van der Waals surface area contributed by atoms with Crippen molar-refractivity contribution < 1.29 is 24.3 Å². The lowest BCUT2D eigenvalue weighted by molar-refractivity contribution is -0.151. The highest BCUT2D eigenvalue weighted by molar-refractivity contribution is 7.59. The van der Waals surface area contributed by atoms with Gasteiger partial charge in [-0.15, -0.1) is 0 Å². The Bertz CT molecular complexity index is 713. The molecule has 0 bridgehead atoms. The zero-order valence-electron chi connectivity index (χ0n) is 23.9. The highest BCUT2D eigenvalue weighted by Gasteiger charge is 2.45. The van der Waals surface area contributed by atoms with Gasteiger partial charge in [-0.1, -0.05) is 45.8 Å². The molecule has 0 spiro atoms. The Morgan fingerprint density at radius 3 is 1.63 bits per heavy atom. The molecule has 0 aromatic heterocycles. The number of nitrogens with zero attached hydrogens (tertiary/aromatic N) is 2. The first-order valence-electron chi connectivity index (χ1n) is 13.7. The third-order valence-corrected chi connectivity index (χ3v) is 11.9. The Kier molecular flexibility index (Phi) is 19.3. The molecule has 0 aromatic carbocycles. The molecule has 12 heteroatoms. The molecule has 8 nitrogen and oxygen atoms in total. The summed E-state index contributed by atoms with van der Waals surface area (Å²) in [7, 11) is -0.171. The number of nitrogens with two attached hydrogens (primary N) is 1. The lowest BCUT2D eigenvalue weighted by Gasteiger charge is -2.36. The molecule has 0 radical (unpaired) electrons. The van der Waals surface area contributed by atoms with Crippen LogP contribution < -0.4 is 5.73 Å². The Labute approximate surface area is 252 Å². The summed E-state index contributed by atoms with van der Waals surface area (Å²) < 4.78 is 0. The van der Waals surface area contributed by atoms with Gasteiger partial charge in [0.05, 0.1) is 12.1 Å². The van der Waals surface area contributed by atoms with Gasteiger partial charge in [0.15, 0.2) is 5.78 Å². The fraction of sp³-hybridized carbons (Fsp3) is 0.846. The summed E-state index contributed by atoms with van der Waals surface area (Å²) in [4.78, 5) is 49.1. The average molecular weight is 612 g/mol. The van der Waals surface area contributed by atoms with E-state index >= 15 is 0 Å². The molecular formula is C26H53N3O5S3Si. The lowest BCUT2D eigenvalue weighted by Crippen LogP contribution is -2.55. The molecule has 0 saturated carbocycles. The average Bonchev–Trinajstić information content (AvgIpc) is 3.46. The van der Waals surface area contributed by atoms with Gasteiger partial charge in [0.2, 0.25) is 11.8 Å². The molecule has 38 heavy (non-hydrogen) atoms. The summed E-state index contributed by atoms with van der Waals surface area (Å²) in [6.45, 7) is 10.5. The van der Waals surface area contributed by atoms with E-state index < -0.39 is 18.1 Å². The SMILES string of the molecule is CC(=O)[C@@H]1CC[C@@H]2CC[C@H](C)C(=O)N21.CC[SiH](CC)CC.N[C@H]1CC[C@H]2CC[C@@H](C(=O)O)N2C1=O.S.S.S. The predicted octanol–water partition coefficient (Wildman–Crippen LogP) is 3.53. The molecule has 2 amide bonds. The molecule has 4 fully saturated rings. The minimum atomic E-state index is -0.907. The van der Waals surface area contributed by atoms with Crippen molar-refractivity contribution in [3.05, 3.63) is 0 Å². The van der Waals surface area contributed by atoms with Crippen LogP contribution in [0.3, 0.4) is 0 Å². The van der Waals surface area contributed by atoms with Gasteiger partial charge in [0, 0.05) is 26.8 Å². The molecule has 4 rings (SSSR count). The van der Waals surface area contributed by atoms with Gasteiger partial charge in [-0.3, -0.25) is 14.4 Å². The fourth-order valence-corrected chi connectivity index (χ4v) is 7.75. The normalized spacial score (nSPS) is 29.2. The predicted molar refractivity (Wildman–Crippen MR) is 171 cm³/mol. The molecular weight excluding hydrogens is 559 g/mol. The summed E-state index contributed by atoms with van der Waals surface area (Å²) >= 11 is 0. The number of hydrogen-bond acceptors (Lipinski definition) is 5. The van der Waals surface area contributed by atoms with E-state index in [1.165, 1.54) is 23.0 Å². The van der Waals surface area contributed by atoms with E-state index in [0.29, 0.717) is 18.9 Å². The van der Waals surface area contributed by atoms with Gasteiger partial charge in [-0.05, 0) is 58.3 Å². The van der Waals surface area contributed by atoms with Gasteiger partial charge in [-0.2, -0.15) is 40.5 Å². The summed E-state index contributed by atoms with van der Waals surface area (Å²) in [6, 6.07) is 3.70. The molecule has 4 heterocycles. The van der Waals surface area contributed by atoms with Crippen LogP contribution in [-0.2, 0) is 19.2 Å². The van der Waals surface area contributed by atoms with E-state index in [1.54, 1.807) is 6.92 Å². The first kappa shape index (κ1) is 39.5. The molecule has 6 atom stereocenters. The number of carboxylic acids is 1. The molecule has 4 aliphatic rings. The highest BCUT2D eigenvalue weighted by atomic mass is 32.1.